The van der Waals surface area contributed by atoms with Crippen molar-refractivity contribution in [1.82, 2.24) is 15.1 Å². The maximum Gasteiger partial charge on any atom is 0.255 e. The second-order valence-corrected chi connectivity index (χ2v) is 7.14. The van der Waals surface area contributed by atoms with Crippen molar-refractivity contribution < 1.29 is 14.0 Å². The number of benzene rings is 1. The molecule has 2 aliphatic heterocycles. The summed E-state index contributed by atoms with van der Waals surface area (Å²) < 4.78 is 5.21. The smallest absolute Gasteiger partial charge is 0.255 e. The first-order chi connectivity index (χ1) is 13.7. The Hall–Kier alpha value is -3.48. The van der Waals surface area contributed by atoms with Crippen LogP contribution in [0.2, 0.25) is 0 Å². The molecule has 1 aromatic carbocycles. The summed E-state index contributed by atoms with van der Waals surface area (Å²) in [6, 6.07) is 11.4. The van der Waals surface area contributed by atoms with Crippen molar-refractivity contribution in [2.45, 2.75) is 18.3 Å². The molecule has 140 valence electrons. The number of anilines is 2. The molecule has 3 aromatic rings. The third kappa shape index (κ3) is 2.36. The topological polar surface area (TPSA) is 79.5 Å². The molecule has 4 heterocycles. The molecule has 1 fully saturated rings. The van der Waals surface area contributed by atoms with E-state index in [0.29, 0.717) is 31.5 Å². The number of hydrogen-bond acceptors (Lipinski definition) is 5. The van der Waals surface area contributed by atoms with Crippen LogP contribution in [0.1, 0.15) is 28.8 Å². The average Bonchev–Trinajstić information content (AvgIpc) is 3.35. The van der Waals surface area contributed by atoms with E-state index >= 15 is 0 Å². The van der Waals surface area contributed by atoms with E-state index < -0.39 is 5.41 Å². The van der Waals surface area contributed by atoms with Crippen LogP contribution in [0.5, 0.6) is 0 Å². The largest absolute Gasteiger partial charge is 0.470 e. The summed E-state index contributed by atoms with van der Waals surface area (Å²) in [7, 11) is 0. The van der Waals surface area contributed by atoms with E-state index in [0.717, 1.165) is 16.9 Å². The van der Waals surface area contributed by atoms with Gasteiger partial charge in [0, 0.05) is 19.2 Å². The number of amides is 2. The molecule has 0 aliphatic carbocycles. The van der Waals surface area contributed by atoms with Crippen LogP contribution in [-0.4, -0.2) is 40.0 Å². The Morgan fingerprint density at radius 1 is 1.07 bits per heavy atom. The molecule has 0 saturated carbocycles. The molecule has 5 rings (SSSR count). The van der Waals surface area contributed by atoms with Gasteiger partial charge in [-0.2, -0.15) is 10.2 Å². The van der Waals surface area contributed by atoms with Crippen LogP contribution < -0.4 is 4.90 Å². The summed E-state index contributed by atoms with van der Waals surface area (Å²) >= 11 is 0. The summed E-state index contributed by atoms with van der Waals surface area (Å²) in [4.78, 5) is 29.8. The lowest BCUT2D eigenvalue weighted by Crippen LogP contribution is -2.49. The molecular weight excluding hydrogens is 356 g/mol. The van der Waals surface area contributed by atoms with E-state index in [1.807, 2.05) is 24.3 Å². The first kappa shape index (κ1) is 16.7. The van der Waals surface area contributed by atoms with E-state index in [9.17, 15) is 9.59 Å². The zero-order valence-electron chi connectivity index (χ0n) is 15.1. The molecule has 1 saturated heterocycles. The normalized spacial score (nSPS) is 17.8. The second kappa shape index (κ2) is 6.30. The highest BCUT2D eigenvalue weighted by atomic mass is 16.3. The van der Waals surface area contributed by atoms with Gasteiger partial charge in [-0.15, -0.1) is 0 Å². The van der Waals surface area contributed by atoms with E-state index in [2.05, 4.69) is 10.2 Å². The summed E-state index contributed by atoms with van der Waals surface area (Å²) in [5.41, 5.74) is 2.56. The van der Waals surface area contributed by atoms with Crippen molar-refractivity contribution in [3.05, 3.63) is 72.4 Å². The van der Waals surface area contributed by atoms with Crippen LogP contribution in [0.15, 0.2) is 65.7 Å². The molecule has 7 nitrogen and oxygen atoms in total. The number of aromatic nitrogens is 2. The maximum absolute atomic E-state index is 13.5. The molecule has 1 spiro atoms. The van der Waals surface area contributed by atoms with Crippen LogP contribution >= 0.6 is 0 Å². The van der Waals surface area contributed by atoms with Crippen molar-refractivity contribution in [1.29, 1.82) is 0 Å². The Morgan fingerprint density at radius 2 is 1.89 bits per heavy atom. The van der Waals surface area contributed by atoms with Gasteiger partial charge in [0.15, 0.2) is 0 Å². The molecule has 0 bridgehead atoms. The van der Waals surface area contributed by atoms with Gasteiger partial charge in [-0.05, 0) is 30.5 Å². The Kier molecular flexibility index (Phi) is 3.75. The van der Waals surface area contributed by atoms with E-state index in [1.54, 1.807) is 34.5 Å². The van der Waals surface area contributed by atoms with Gasteiger partial charge in [-0.3, -0.25) is 14.5 Å². The van der Waals surface area contributed by atoms with Gasteiger partial charge in [-0.25, -0.2) is 0 Å². The molecule has 0 N–H and O–H groups in total. The first-order valence-electron chi connectivity index (χ1n) is 9.23. The fraction of sp³-hybridized carbons (Fsp3) is 0.238. The summed E-state index contributed by atoms with van der Waals surface area (Å²) in [5, 5.41) is 7.50. The number of para-hydroxylation sites is 1. The lowest BCUT2D eigenvalue weighted by molar-refractivity contribution is -0.124. The Labute approximate surface area is 161 Å². The monoisotopic (exact) mass is 374 g/mol. The molecule has 28 heavy (non-hydrogen) atoms. The number of nitrogens with zero attached hydrogens (tertiary/aromatic N) is 4. The fourth-order valence-electron chi connectivity index (χ4n) is 4.33. The number of rotatable bonds is 2. The summed E-state index contributed by atoms with van der Waals surface area (Å²) in [5.74, 6) is -0.0250. The zero-order valence-corrected chi connectivity index (χ0v) is 15.1. The summed E-state index contributed by atoms with van der Waals surface area (Å²) in [6.07, 6.45) is 7.31. The zero-order chi connectivity index (χ0) is 19.1. The third-order valence-electron chi connectivity index (χ3n) is 5.77. The minimum Gasteiger partial charge on any atom is -0.470 e. The molecule has 0 atom stereocenters. The molecule has 0 unspecified atom stereocenters. The van der Waals surface area contributed by atoms with Gasteiger partial charge in [0.05, 0.1) is 41.0 Å². The molecule has 2 aliphatic rings. The molecule has 2 aromatic heterocycles. The molecular formula is C21H18N4O3. The van der Waals surface area contributed by atoms with Crippen molar-refractivity contribution in [2.75, 3.05) is 18.0 Å². The van der Waals surface area contributed by atoms with Gasteiger partial charge < -0.3 is 9.32 Å². The van der Waals surface area contributed by atoms with Gasteiger partial charge >= 0.3 is 0 Å². The van der Waals surface area contributed by atoms with Crippen LogP contribution in [0, 0.1) is 0 Å². The highest BCUT2D eigenvalue weighted by Crippen LogP contribution is 2.50. The van der Waals surface area contributed by atoms with E-state index in [1.165, 1.54) is 12.4 Å². The van der Waals surface area contributed by atoms with E-state index in [4.69, 9.17) is 4.42 Å². The van der Waals surface area contributed by atoms with Gasteiger partial charge in [0.2, 0.25) is 5.91 Å². The number of likely N-dealkylation sites (tertiary alicyclic amines) is 1. The Bertz CT molecular complexity index is 1020. The van der Waals surface area contributed by atoms with Crippen molar-refractivity contribution in [3.8, 4) is 0 Å². The average molecular weight is 374 g/mol. The highest BCUT2D eigenvalue weighted by Gasteiger charge is 2.52. The maximum atomic E-state index is 13.5. The van der Waals surface area contributed by atoms with Crippen LogP contribution in [-0.2, 0) is 10.2 Å². The third-order valence-corrected chi connectivity index (χ3v) is 5.77. The predicted molar refractivity (Wildman–Crippen MR) is 101 cm³/mol. The van der Waals surface area contributed by atoms with Crippen molar-refractivity contribution in [3.63, 3.8) is 0 Å². The number of fused-ring (bicyclic) bond motifs is 2. The number of hydrogen-bond donors (Lipinski definition) is 0. The standard InChI is InChI=1S/C21H18N4O3/c26-19(15-5-9-22-23-13-15)24-10-7-21(8-11-24)17-3-1-2-4-18(17)25(20(21)27)16-6-12-28-14-16/h1-6,9,12-14H,7-8,10-11H2. The Balaban J connectivity index is 1.45. The minimum absolute atomic E-state index is 0.0489. The SMILES string of the molecule is O=C(c1ccnnc1)N1CCC2(CC1)C(=O)N(c1ccoc1)c1ccccc12. The predicted octanol–water partition coefficient (Wildman–Crippen LogP) is 2.92. The number of carbonyl (C=O) groups excluding carboxylic acids is 2. The quantitative estimate of drug-likeness (QED) is 0.689. The van der Waals surface area contributed by atoms with Crippen molar-refractivity contribution >= 4 is 23.2 Å². The number of piperidine rings is 1. The fourth-order valence-corrected chi connectivity index (χ4v) is 4.33. The van der Waals surface area contributed by atoms with E-state index in [-0.39, 0.29) is 11.8 Å². The first-order valence-corrected chi connectivity index (χ1v) is 9.23. The number of furan rings is 1. The van der Waals surface area contributed by atoms with Crippen LogP contribution in [0.25, 0.3) is 0 Å². The molecule has 7 heteroatoms. The number of carbonyl (C=O) groups is 2. The van der Waals surface area contributed by atoms with Crippen LogP contribution in [0.4, 0.5) is 11.4 Å². The lowest BCUT2D eigenvalue weighted by Gasteiger charge is -2.38. The van der Waals surface area contributed by atoms with Crippen LogP contribution in [0.3, 0.4) is 0 Å². The van der Waals surface area contributed by atoms with Gasteiger partial charge in [0.1, 0.15) is 6.26 Å². The van der Waals surface area contributed by atoms with Gasteiger partial charge in [-0.1, -0.05) is 18.2 Å². The highest BCUT2D eigenvalue weighted by molar-refractivity contribution is 6.13. The van der Waals surface area contributed by atoms with Crippen molar-refractivity contribution in [2.24, 2.45) is 0 Å². The minimum atomic E-state index is -0.610. The van der Waals surface area contributed by atoms with Gasteiger partial charge in [0.25, 0.3) is 5.91 Å². The lowest BCUT2D eigenvalue weighted by atomic mass is 9.73. The summed E-state index contributed by atoms with van der Waals surface area (Å²) in [6.45, 7) is 1.03. The molecule has 2 amide bonds. The molecule has 0 radical (unpaired) electrons. The second-order valence-electron chi connectivity index (χ2n) is 7.14. The Morgan fingerprint density at radius 3 is 2.61 bits per heavy atom.